The van der Waals surface area contributed by atoms with Crippen LogP contribution in [0, 0.1) is 25.6 Å². The zero-order chi connectivity index (χ0) is 20.6. The lowest BCUT2D eigenvalue weighted by atomic mass is 9.66. The highest BCUT2D eigenvalue weighted by Gasteiger charge is 2.62. The second-order valence-corrected chi connectivity index (χ2v) is 7.59. The van der Waals surface area contributed by atoms with Crippen LogP contribution in [0.4, 0.5) is 0 Å². The Morgan fingerprint density at radius 2 is 1.11 bits per heavy atom. The summed E-state index contributed by atoms with van der Waals surface area (Å²) >= 11 is 0. The van der Waals surface area contributed by atoms with Gasteiger partial charge in [0, 0.05) is 9.85 Å². The summed E-state index contributed by atoms with van der Waals surface area (Å²) < 4.78 is 0. The Balaban J connectivity index is 2.14. The molecule has 9 nitrogen and oxygen atoms in total. The van der Waals surface area contributed by atoms with E-state index in [0.29, 0.717) is 11.1 Å². The SMILES string of the molecule is CC1(C)[C@@H]([N+](=O)[O-])[C@@H](c2ccc(O)cc2)N[C@H](c2ccc(O)cc2)[C@@H]1[N+](=O)[O-]. The summed E-state index contributed by atoms with van der Waals surface area (Å²) in [5.74, 6) is 0.0458. The van der Waals surface area contributed by atoms with Crippen molar-refractivity contribution < 1.29 is 20.1 Å². The smallest absolute Gasteiger partial charge is 0.243 e. The van der Waals surface area contributed by atoms with Gasteiger partial charge in [0.1, 0.15) is 29.0 Å². The number of benzene rings is 2. The summed E-state index contributed by atoms with van der Waals surface area (Å²) in [4.78, 5) is 22.9. The number of phenols is 2. The number of aromatic hydroxyl groups is 2. The first-order chi connectivity index (χ1) is 13.1. The zero-order valence-corrected chi connectivity index (χ0v) is 15.4. The molecule has 1 fully saturated rings. The molecule has 1 heterocycles. The average molecular weight is 387 g/mol. The number of nitro groups is 2. The third-order valence-corrected chi connectivity index (χ3v) is 5.47. The molecule has 148 valence electrons. The summed E-state index contributed by atoms with van der Waals surface area (Å²) in [6.07, 6.45) is 0. The van der Waals surface area contributed by atoms with Gasteiger partial charge in [-0.1, -0.05) is 24.3 Å². The molecule has 0 unspecified atom stereocenters. The monoisotopic (exact) mass is 387 g/mol. The van der Waals surface area contributed by atoms with Crippen molar-refractivity contribution in [3.05, 3.63) is 79.9 Å². The fraction of sp³-hybridized carbons (Fsp3) is 0.368. The Kier molecular flexibility index (Phi) is 4.95. The maximum absolute atomic E-state index is 11.9. The van der Waals surface area contributed by atoms with Crippen molar-refractivity contribution >= 4 is 0 Å². The van der Waals surface area contributed by atoms with E-state index in [0.717, 1.165) is 0 Å². The molecule has 9 heteroatoms. The van der Waals surface area contributed by atoms with Gasteiger partial charge in [0.05, 0.1) is 0 Å². The molecule has 3 N–H and O–H groups in total. The Hall–Kier alpha value is -3.20. The number of hydrogen-bond acceptors (Lipinski definition) is 7. The van der Waals surface area contributed by atoms with Crippen molar-refractivity contribution in [1.29, 1.82) is 0 Å². The van der Waals surface area contributed by atoms with Gasteiger partial charge < -0.3 is 10.2 Å². The van der Waals surface area contributed by atoms with Crippen molar-refractivity contribution in [3.8, 4) is 11.5 Å². The Labute approximate surface area is 160 Å². The molecule has 2 aromatic carbocycles. The van der Waals surface area contributed by atoms with Gasteiger partial charge in [0.2, 0.25) is 12.1 Å². The number of phenolic OH excluding ortho intramolecular Hbond substituents is 2. The minimum Gasteiger partial charge on any atom is -0.508 e. The maximum Gasteiger partial charge on any atom is 0.243 e. The maximum atomic E-state index is 11.9. The largest absolute Gasteiger partial charge is 0.508 e. The van der Waals surface area contributed by atoms with Crippen LogP contribution in [0.15, 0.2) is 48.5 Å². The van der Waals surface area contributed by atoms with Crippen molar-refractivity contribution in [3.63, 3.8) is 0 Å². The van der Waals surface area contributed by atoms with E-state index in [2.05, 4.69) is 5.32 Å². The van der Waals surface area contributed by atoms with Crippen LogP contribution >= 0.6 is 0 Å². The van der Waals surface area contributed by atoms with Crippen molar-refractivity contribution in [2.45, 2.75) is 38.0 Å². The van der Waals surface area contributed by atoms with Gasteiger partial charge >= 0.3 is 0 Å². The van der Waals surface area contributed by atoms with Gasteiger partial charge in [0.15, 0.2) is 0 Å². The first-order valence-electron chi connectivity index (χ1n) is 8.74. The fourth-order valence-electron chi connectivity index (χ4n) is 4.12. The molecule has 0 aromatic heterocycles. The molecule has 0 aliphatic carbocycles. The predicted molar refractivity (Wildman–Crippen MR) is 100 cm³/mol. The summed E-state index contributed by atoms with van der Waals surface area (Å²) in [5.41, 5.74) is -0.181. The summed E-state index contributed by atoms with van der Waals surface area (Å²) in [7, 11) is 0. The van der Waals surface area contributed by atoms with E-state index in [-0.39, 0.29) is 11.5 Å². The van der Waals surface area contributed by atoms with Crippen LogP contribution in [0.5, 0.6) is 11.5 Å². The van der Waals surface area contributed by atoms with Gasteiger partial charge in [-0.15, -0.1) is 0 Å². The Bertz CT molecular complexity index is 810. The molecule has 0 amide bonds. The average Bonchev–Trinajstić information content (AvgIpc) is 2.60. The fourth-order valence-corrected chi connectivity index (χ4v) is 4.12. The van der Waals surface area contributed by atoms with E-state index in [9.17, 15) is 30.4 Å². The summed E-state index contributed by atoms with van der Waals surface area (Å²) in [6.45, 7) is 3.07. The van der Waals surface area contributed by atoms with Gasteiger partial charge in [-0.3, -0.25) is 25.5 Å². The van der Waals surface area contributed by atoms with Gasteiger partial charge in [-0.25, -0.2) is 0 Å². The third kappa shape index (κ3) is 3.36. The van der Waals surface area contributed by atoms with Crippen LogP contribution in [0.25, 0.3) is 0 Å². The molecule has 1 saturated heterocycles. The normalized spacial score (nSPS) is 26.5. The van der Waals surface area contributed by atoms with E-state index in [1.54, 1.807) is 24.3 Å². The molecule has 1 aliphatic rings. The minimum absolute atomic E-state index is 0.0229. The highest BCUT2D eigenvalue weighted by molar-refractivity contribution is 5.33. The molecule has 2 aromatic rings. The van der Waals surface area contributed by atoms with Crippen LogP contribution in [0.2, 0.25) is 0 Å². The van der Waals surface area contributed by atoms with E-state index in [4.69, 9.17) is 0 Å². The number of hydrogen-bond donors (Lipinski definition) is 3. The van der Waals surface area contributed by atoms with E-state index in [1.165, 1.54) is 38.1 Å². The van der Waals surface area contributed by atoms with E-state index in [1.807, 2.05) is 0 Å². The molecule has 4 atom stereocenters. The van der Waals surface area contributed by atoms with Crippen LogP contribution < -0.4 is 5.32 Å². The lowest BCUT2D eigenvalue weighted by Gasteiger charge is -2.44. The number of nitrogens with one attached hydrogen (secondary N) is 1. The minimum atomic E-state index is -1.29. The second kappa shape index (κ2) is 7.08. The highest BCUT2D eigenvalue weighted by Crippen LogP contribution is 2.47. The molecule has 0 bridgehead atoms. The van der Waals surface area contributed by atoms with E-state index >= 15 is 0 Å². The third-order valence-electron chi connectivity index (χ3n) is 5.47. The molecule has 3 rings (SSSR count). The zero-order valence-electron chi connectivity index (χ0n) is 15.4. The number of nitrogens with zero attached hydrogens (tertiary/aromatic N) is 2. The first kappa shape index (κ1) is 19.6. The molecule has 1 aliphatic heterocycles. The van der Waals surface area contributed by atoms with E-state index < -0.39 is 39.4 Å². The highest BCUT2D eigenvalue weighted by atomic mass is 16.6. The summed E-state index contributed by atoms with van der Waals surface area (Å²) in [5, 5.41) is 46.0. The standard InChI is InChI=1S/C19H21N3O6/c1-19(2)17(21(25)26)15(11-3-7-13(23)8-4-11)20-16(18(19)22(27)28)12-5-9-14(24)10-6-12/h3-10,15-18,20,23-24H,1-2H3/t15-,16-,17+,18+/m1/s1. The van der Waals surface area contributed by atoms with Crippen molar-refractivity contribution in [2.24, 2.45) is 5.41 Å². The van der Waals surface area contributed by atoms with Crippen LogP contribution in [-0.2, 0) is 0 Å². The van der Waals surface area contributed by atoms with Crippen LogP contribution in [0.1, 0.15) is 37.1 Å². The number of piperidine rings is 1. The Morgan fingerprint density at radius 3 is 1.39 bits per heavy atom. The lowest BCUT2D eigenvalue weighted by Crippen LogP contribution is -2.63. The molecular formula is C19H21N3O6. The predicted octanol–water partition coefficient (Wildman–Crippen LogP) is 2.80. The first-order valence-corrected chi connectivity index (χ1v) is 8.74. The topological polar surface area (TPSA) is 139 Å². The van der Waals surface area contributed by atoms with Gasteiger partial charge in [-0.2, -0.15) is 0 Å². The number of rotatable bonds is 4. The molecule has 0 spiro atoms. The van der Waals surface area contributed by atoms with Gasteiger partial charge in [0.25, 0.3) is 0 Å². The molecule has 0 radical (unpaired) electrons. The van der Waals surface area contributed by atoms with Crippen LogP contribution in [0.3, 0.4) is 0 Å². The van der Waals surface area contributed by atoms with Gasteiger partial charge in [-0.05, 0) is 49.2 Å². The second-order valence-electron chi connectivity index (χ2n) is 7.59. The quantitative estimate of drug-likeness (QED) is 0.541. The molecular weight excluding hydrogens is 366 g/mol. The van der Waals surface area contributed by atoms with Crippen molar-refractivity contribution in [1.82, 2.24) is 5.32 Å². The lowest BCUT2D eigenvalue weighted by molar-refractivity contribution is -0.605. The van der Waals surface area contributed by atoms with Crippen LogP contribution in [-0.4, -0.2) is 32.1 Å². The Morgan fingerprint density at radius 1 is 0.786 bits per heavy atom. The van der Waals surface area contributed by atoms with Crippen molar-refractivity contribution in [2.75, 3.05) is 0 Å². The molecule has 0 saturated carbocycles. The molecule has 28 heavy (non-hydrogen) atoms. The summed E-state index contributed by atoms with van der Waals surface area (Å²) in [6, 6.07) is 7.85.